The third-order valence-electron chi connectivity index (χ3n) is 3.42. The van der Waals surface area contributed by atoms with Crippen molar-refractivity contribution in [1.29, 1.82) is 0 Å². The molecule has 0 aliphatic heterocycles. The second-order valence-electron chi connectivity index (χ2n) is 5.20. The van der Waals surface area contributed by atoms with Crippen LogP contribution < -0.4 is 10.9 Å². The molecule has 0 atom stereocenters. The third-order valence-corrected chi connectivity index (χ3v) is 4.55. The molecule has 0 aliphatic carbocycles. The van der Waals surface area contributed by atoms with Crippen molar-refractivity contribution < 1.29 is 22.8 Å². The van der Waals surface area contributed by atoms with E-state index in [-0.39, 0.29) is 10.7 Å². The molecule has 0 saturated heterocycles. The van der Waals surface area contributed by atoms with E-state index in [0.717, 1.165) is 40.0 Å². The molecule has 132 valence electrons. The first-order valence-corrected chi connectivity index (χ1v) is 8.17. The molecule has 0 saturated carbocycles. The molecule has 2 N–H and O–H groups in total. The summed E-state index contributed by atoms with van der Waals surface area (Å²) in [4.78, 5) is 25.0. The van der Waals surface area contributed by atoms with E-state index in [1.807, 2.05) is 5.43 Å². The summed E-state index contributed by atoms with van der Waals surface area (Å²) in [6.45, 7) is 0. The predicted molar refractivity (Wildman–Crippen MR) is 91.0 cm³/mol. The van der Waals surface area contributed by atoms with Gasteiger partial charge in [-0.25, -0.2) is 13.2 Å². The smallest absolute Gasteiger partial charge is 0.267 e. The van der Waals surface area contributed by atoms with Gasteiger partial charge < -0.3 is 0 Å². The number of hydrogen-bond donors (Lipinski definition) is 2. The van der Waals surface area contributed by atoms with Crippen molar-refractivity contribution in [1.82, 2.24) is 10.9 Å². The van der Waals surface area contributed by atoms with Crippen molar-refractivity contribution in [3.8, 4) is 10.4 Å². The van der Waals surface area contributed by atoms with Gasteiger partial charge >= 0.3 is 0 Å². The molecule has 0 unspecified atom stereocenters. The highest BCUT2D eigenvalue weighted by atomic mass is 32.1. The van der Waals surface area contributed by atoms with Crippen LogP contribution in [0.3, 0.4) is 0 Å². The van der Waals surface area contributed by atoms with Crippen LogP contribution in [0.25, 0.3) is 10.4 Å². The Morgan fingerprint density at radius 2 is 1.42 bits per heavy atom. The van der Waals surface area contributed by atoms with Crippen LogP contribution in [-0.2, 0) is 0 Å². The standard InChI is InChI=1S/C18H11F3N2O2S/c19-11-3-1-10(2-4-11)15-7-8-16(26-15)18(25)23-22-17(24)13-9-12(20)5-6-14(13)21/h1-9H,(H,22,24)(H,23,25). The Balaban J connectivity index is 1.66. The first-order valence-electron chi connectivity index (χ1n) is 7.35. The van der Waals surface area contributed by atoms with Gasteiger partial charge in [-0.1, -0.05) is 12.1 Å². The number of carbonyl (C=O) groups excluding carboxylic acids is 2. The van der Waals surface area contributed by atoms with Gasteiger partial charge in [-0.05, 0) is 48.0 Å². The molecule has 0 bridgehead atoms. The lowest BCUT2D eigenvalue weighted by molar-refractivity contribution is 0.0846. The minimum atomic E-state index is -0.981. The number of benzene rings is 2. The molecule has 26 heavy (non-hydrogen) atoms. The Labute approximate surface area is 150 Å². The number of thiophene rings is 1. The van der Waals surface area contributed by atoms with Crippen LogP contribution in [0.2, 0.25) is 0 Å². The van der Waals surface area contributed by atoms with E-state index in [4.69, 9.17) is 0 Å². The third kappa shape index (κ3) is 3.92. The zero-order valence-electron chi connectivity index (χ0n) is 13.1. The summed E-state index contributed by atoms with van der Waals surface area (Å²) in [6.07, 6.45) is 0. The zero-order valence-corrected chi connectivity index (χ0v) is 13.9. The summed E-state index contributed by atoms with van der Waals surface area (Å²) in [6, 6.07) is 11.4. The van der Waals surface area contributed by atoms with E-state index >= 15 is 0 Å². The maximum absolute atomic E-state index is 13.5. The molecule has 0 aliphatic rings. The van der Waals surface area contributed by atoms with Gasteiger partial charge in [0.25, 0.3) is 11.8 Å². The van der Waals surface area contributed by atoms with Crippen molar-refractivity contribution in [2.24, 2.45) is 0 Å². The summed E-state index contributed by atoms with van der Waals surface area (Å²) in [5.41, 5.74) is 4.39. The van der Waals surface area contributed by atoms with Gasteiger partial charge in [-0.3, -0.25) is 20.4 Å². The van der Waals surface area contributed by atoms with Gasteiger partial charge in [0.1, 0.15) is 17.5 Å². The number of hydrogen-bond acceptors (Lipinski definition) is 3. The van der Waals surface area contributed by atoms with Crippen LogP contribution in [0.4, 0.5) is 13.2 Å². The summed E-state index contributed by atoms with van der Waals surface area (Å²) < 4.78 is 39.6. The van der Waals surface area contributed by atoms with Crippen LogP contribution >= 0.6 is 11.3 Å². The van der Waals surface area contributed by atoms with E-state index in [1.54, 1.807) is 18.2 Å². The molecule has 8 heteroatoms. The molecule has 0 spiro atoms. The summed E-state index contributed by atoms with van der Waals surface area (Å²) in [5.74, 6) is -3.65. The SMILES string of the molecule is O=C(NNC(=O)c1cc(F)ccc1F)c1ccc(-c2ccc(F)cc2)s1. The van der Waals surface area contributed by atoms with Gasteiger partial charge in [0.15, 0.2) is 0 Å². The van der Waals surface area contributed by atoms with Gasteiger partial charge in [0, 0.05) is 4.88 Å². The second-order valence-corrected chi connectivity index (χ2v) is 6.29. The molecule has 1 heterocycles. The molecular weight excluding hydrogens is 365 g/mol. The fourth-order valence-electron chi connectivity index (χ4n) is 2.14. The van der Waals surface area contributed by atoms with Gasteiger partial charge in [-0.2, -0.15) is 0 Å². The molecular formula is C18H11F3N2O2S. The quantitative estimate of drug-likeness (QED) is 0.681. The van der Waals surface area contributed by atoms with Crippen molar-refractivity contribution in [3.05, 3.63) is 82.5 Å². The van der Waals surface area contributed by atoms with E-state index in [2.05, 4.69) is 5.43 Å². The normalized spacial score (nSPS) is 10.4. The van der Waals surface area contributed by atoms with Crippen molar-refractivity contribution >= 4 is 23.2 Å². The molecule has 2 aromatic carbocycles. The highest BCUT2D eigenvalue weighted by Gasteiger charge is 2.15. The summed E-state index contributed by atoms with van der Waals surface area (Å²) >= 11 is 1.13. The van der Waals surface area contributed by atoms with E-state index in [9.17, 15) is 22.8 Å². The average molecular weight is 376 g/mol. The maximum atomic E-state index is 13.5. The van der Waals surface area contributed by atoms with Crippen LogP contribution in [-0.4, -0.2) is 11.8 Å². The fourth-order valence-corrected chi connectivity index (χ4v) is 3.05. The van der Waals surface area contributed by atoms with Gasteiger partial charge in [0.2, 0.25) is 0 Å². The topological polar surface area (TPSA) is 58.2 Å². The first-order chi connectivity index (χ1) is 12.4. The summed E-state index contributed by atoms with van der Waals surface area (Å²) in [7, 11) is 0. The number of nitrogens with one attached hydrogen (secondary N) is 2. The summed E-state index contributed by atoms with van der Waals surface area (Å²) in [5, 5.41) is 0. The lowest BCUT2D eigenvalue weighted by atomic mass is 10.2. The lowest BCUT2D eigenvalue weighted by Gasteiger charge is -2.07. The minimum Gasteiger partial charge on any atom is -0.267 e. The van der Waals surface area contributed by atoms with Crippen LogP contribution in [0.1, 0.15) is 20.0 Å². The van der Waals surface area contributed by atoms with E-state index < -0.39 is 29.0 Å². The Kier molecular flexibility index (Phi) is 5.04. The average Bonchev–Trinajstić information content (AvgIpc) is 3.12. The van der Waals surface area contributed by atoms with Crippen LogP contribution in [0.5, 0.6) is 0 Å². The number of rotatable bonds is 3. The highest BCUT2D eigenvalue weighted by Crippen LogP contribution is 2.28. The first kappa shape index (κ1) is 17.7. The number of amides is 2. The molecule has 0 fully saturated rings. The maximum Gasteiger partial charge on any atom is 0.279 e. The lowest BCUT2D eigenvalue weighted by Crippen LogP contribution is -2.41. The molecule has 3 aromatic rings. The van der Waals surface area contributed by atoms with E-state index in [0.29, 0.717) is 0 Å². The minimum absolute atomic E-state index is 0.282. The van der Waals surface area contributed by atoms with Crippen molar-refractivity contribution in [2.75, 3.05) is 0 Å². The Morgan fingerprint density at radius 3 is 2.15 bits per heavy atom. The fraction of sp³-hybridized carbons (Fsp3) is 0. The predicted octanol–water partition coefficient (Wildman–Crippen LogP) is 3.91. The van der Waals surface area contributed by atoms with Crippen LogP contribution in [0.15, 0.2) is 54.6 Å². The van der Waals surface area contributed by atoms with E-state index in [1.165, 1.54) is 18.2 Å². The van der Waals surface area contributed by atoms with Crippen molar-refractivity contribution in [3.63, 3.8) is 0 Å². The molecule has 4 nitrogen and oxygen atoms in total. The monoisotopic (exact) mass is 376 g/mol. The van der Waals surface area contributed by atoms with Gasteiger partial charge in [-0.15, -0.1) is 11.3 Å². The largest absolute Gasteiger partial charge is 0.279 e. The molecule has 0 radical (unpaired) electrons. The second kappa shape index (κ2) is 7.40. The Hall–Kier alpha value is -3.13. The number of carbonyl (C=O) groups is 2. The Morgan fingerprint density at radius 1 is 0.769 bits per heavy atom. The zero-order chi connectivity index (χ0) is 18.7. The highest BCUT2D eigenvalue weighted by molar-refractivity contribution is 7.17. The van der Waals surface area contributed by atoms with Gasteiger partial charge in [0.05, 0.1) is 10.4 Å². The Bertz CT molecular complexity index is 971. The van der Waals surface area contributed by atoms with Crippen molar-refractivity contribution in [2.45, 2.75) is 0 Å². The molecule has 3 rings (SSSR count). The molecule has 2 amide bonds. The van der Waals surface area contributed by atoms with Crippen LogP contribution in [0, 0.1) is 17.5 Å². The molecule has 1 aromatic heterocycles. The number of hydrazine groups is 1. The number of halogens is 3.